The molecular formula is C20H15BrN2O2. The Hall–Kier alpha value is -2.84. The fourth-order valence-electron chi connectivity index (χ4n) is 2.38. The summed E-state index contributed by atoms with van der Waals surface area (Å²) in [6.07, 6.45) is 1.71. The van der Waals surface area contributed by atoms with E-state index < -0.39 is 0 Å². The van der Waals surface area contributed by atoms with Crippen LogP contribution in [0.25, 0.3) is 0 Å². The highest BCUT2D eigenvalue weighted by molar-refractivity contribution is 9.10. The summed E-state index contributed by atoms with van der Waals surface area (Å²) in [6, 6.07) is 20.8. The zero-order chi connectivity index (χ0) is 17.6. The molecule has 0 aliphatic heterocycles. The second kappa shape index (κ2) is 7.82. The Bertz CT molecular complexity index is 958. The molecule has 25 heavy (non-hydrogen) atoms. The number of pyridine rings is 1. The summed E-state index contributed by atoms with van der Waals surface area (Å²) in [4.78, 5) is 12.5. The van der Waals surface area contributed by atoms with Crippen LogP contribution in [0.2, 0.25) is 0 Å². The van der Waals surface area contributed by atoms with Crippen LogP contribution in [0.1, 0.15) is 16.7 Å². The predicted molar refractivity (Wildman–Crippen MR) is 99.4 cm³/mol. The molecule has 3 aromatic rings. The number of ether oxygens (including phenoxy) is 1. The van der Waals surface area contributed by atoms with Crippen LogP contribution >= 0.6 is 15.9 Å². The van der Waals surface area contributed by atoms with E-state index in [4.69, 9.17) is 10.00 Å². The molecule has 0 unspecified atom stereocenters. The first-order valence-electron chi connectivity index (χ1n) is 7.72. The summed E-state index contributed by atoms with van der Waals surface area (Å²) in [5, 5.41) is 8.84. The van der Waals surface area contributed by atoms with Gasteiger partial charge in [-0.3, -0.25) is 4.79 Å². The lowest BCUT2D eigenvalue weighted by molar-refractivity contribution is 0.302. The van der Waals surface area contributed by atoms with E-state index in [9.17, 15) is 4.79 Å². The first-order valence-corrected chi connectivity index (χ1v) is 8.51. The van der Waals surface area contributed by atoms with Crippen molar-refractivity contribution in [3.05, 3.63) is 98.4 Å². The monoisotopic (exact) mass is 394 g/mol. The Morgan fingerprint density at radius 3 is 2.40 bits per heavy atom. The Morgan fingerprint density at radius 2 is 1.72 bits per heavy atom. The van der Waals surface area contributed by atoms with Gasteiger partial charge in [0.25, 0.3) is 5.56 Å². The number of hydrogen-bond acceptors (Lipinski definition) is 3. The van der Waals surface area contributed by atoms with Gasteiger partial charge in [-0.2, -0.15) is 5.26 Å². The van der Waals surface area contributed by atoms with Gasteiger partial charge in [0.1, 0.15) is 16.8 Å². The fourth-order valence-corrected chi connectivity index (χ4v) is 2.86. The van der Waals surface area contributed by atoms with E-state index in [-0.39, 0.29) is 5.56 Å². The number of hydrogen-bond donors (Lipinski definition) is 0. The lowest BCUT2D eigenvalue weighted by Gasteiger charge is -2.11. The van der Waals surface area contributed by atoms with E-state index in [1.165, 1.54) is 0 Å². The largest absolute Gasteiger partial charge is 0.487 e. The van der Waals surface area contributed by atoms with E-state index >= 15 is 0 Å². The third kappa shape index (κ3) is 4.17. The smallest absolute Gasteiger partial charge is 0.268 e. The Labute approximate surface area is 154 Å². The van der Waals surface area contributed by atoms with Crippen LogP contribution in [-0.4, -0.2) is 4.57 Å². The third-order valence-electron chi connectivity index (χ3n) is 3.74. The molecule has 0 saturated carbocycles. The normalized spacial score (nSPS) is 10.2. The van der Waals surface area contributed by atoms with Gasteiger partial charge in [-0.15, -0.1) is 0 Å². The van der Waals surface area contributed by atoms with Crippen LogP contribution in [0.15, 0.2) is 76.1 Å². The number of nitriles is 1. The van der Waals surface area contributed by atoms with Gasteiger partial charge >= 0.3 is 0 Å². The molecule has 3 rings (SSSR count). The van der Waals surface area contributed by atoms with E-state index in [1.807, 2.05) is 42.5 Å². The van der Waals surface area contributed by atoms with Gasteiger partial charge in [-0.05, 0) is 45.3 Å². The van der Waals surface area contributed by atoms with E-state index in [0.29, 0.717) is 28.9 Å². The summed E-state index contributed by atoms with van der Waals surface area (Å²) in [5.41, 5.74) is 2.43. The van der Waals surface area contributed by atoms with Crippen molar-refractivity contribution in [2.45, 2.75) is 13.2 Å². The number of halogens is 1. The maximum absolute atomic E-state index is 12.5. The van der Waals surface area contributed by atoms with Crippen LogP contribution in [-0.2, 0) is 13.2 Å². The van der Waals surface area contributed by atoms with E-state index in [1.54, 1.807) is 29.0 Å². The van der Waals surface area contributed by atoms with Crippen LogP contribution in [0.5, 0.6) is 5.75 Å². The molecule has 0 spiro atoms. The summed E-state index contributed by atoms with van der Waals surface area (Å²) in [6.45, 7) is 0.834. The molecule has 2 aromatic carbocycles. The average molecular weight is 395 g/mol. The van der Waals surface area contributed by atoms with Gasteiger partial charge in [0, 0.05) is 6.20 Å². The second-order valence-corrected chi connectivity index (χ2v) is 6.30. The summed E-state index contributed by atoms with van der Waals surface area (Å²) in [5.74, 6) is 0.518. The van der Waals surface area contributed by atoms with Crippen LogP contribution in [0.3, 0.4) is 0 Å². The van der Waals surface area contributed by atoms with Crippen LogP contribution < -0.4 is 10.3 Å². The van der Waals surface area contributed by atoms with Gasteiger partial charge in [-0.25, -0.2) is 0 Å². The molecule has 124 valence electrons. The van der Waals surface area contributed by atoms with Crippen molar-refractivity contribution in [1.29, 1.82) is 5.26 Å². The number of aromatic nitrogens is 1. The summed E-state index contributed by atoms with van der Waals surface area (Å²) < 4.78 is 7.74. The molecular weight excluding hydrogens is 380 g/mol. The molecule has 0 saturated heterocycles. The molecule has 0 radical (unpaired) electrons. The zero-order valence-electron chi connectivity index (χ0n) is 13.4. The Morgan fingerprint density at radius 1 is 1.00 bits per heavy atom. The van der Waals surface area contributed by atoms with Crippen molar-refractivity contribution >= 4 is 15.9 Å². The SMILES string of the molecule is N#Cc1ccc(Cn2ccc(OCc3ccccc3)c(Br)c2=O)cc1. The van der Waals surface area contributed by atoms with Crippen molar-refractivity contribution in [1.82, 2.24) is 4.57 Å². The molecule has 0 aliphatic carbocycles. The maximum atomic E-state index is 12.5. The number of rotatable bonds is 5. The molecule has 0 fully saturated rings. The number of benzene rings is 2. The first kappa shape index (κ1) is 17.0. The minimum Gasteiger partial charge on any atom is -0.487 e. The van der Waals surface area contributed by atoms with Crippen LogP contribution in [0.4, 0.5) is 0 Å². The molecule has 0 amide bonds. The average Bonchev–Trinajstić information content (AvgIpc) is 2.66. The molecule has 5 heteroatoms. The zero-order valence-corrected chi connectivity index (χ0v) is 14.9. The highest BCUT2D eigenvalue weighted by Crippen LogP contribution is 2.21. The summed E-state index contributed by atoms with van der Waals surface area (Å²) in [7, 11) is 0. The Balaban J connectivity index is 1.75. The second-order valence-electron chi connectivity index (χ2n) is 5.51. The molecule has 0 aliphatic rings. The van der Waals surface area contributed by atoms with Crippen molar-refractivity contribution in [3.8, 4) is 11.8 Å². The van der Waals surface area contributed by atoms with Crippen LogP contribution in [0, 0.1) is 11.3 Å². The van der Waals surface area contributed by atoms with Gasteiger partial charge in [0.05, 0.1) is 18.2 Å². The van der Waals surface area contributed by atoms with E-state index in [0.717, 1.165) is 11.1 Å². The Kier molecular flexibility index (Phi) is 5.32. The van der Waals surface area contributed by atoms with Gasteiger partial charge in [-0.1, -0.05) is 42.5 Å². The van der Waals surface area contributed by atoms with Gasteiger partial charge in [0.2, 0.25) is 0 Å². The molecule has 0 N–H and O–H groups in total. The van der Waals surface area contributed by atoms with Crippen molar-refractivity contribution in [2.75, 3.05) is 0 Å². The standard InChI is InChI=1S/C20H15BrN2O2/c21-19-18(25-14-17-4-2-1-3-5-17)10-11-23(20(19)24)13-16-8-6-15(12-22)7-9-16/h1-11H,13-14H2. The van der Waals surface area contributed by atoms with Gasteiger partial charge < -0.3 is 9.30 Å². The highest BCUT2D eigenvalue weighted by atomic mass is 79.9. The third-order valence-corrected chi connectivity index (χ3v) is 4.47. The lowest BCUT2D eigenvalue weighted by atomic mass is 10.1. The predicted octanol–water partition coefficient (Wildman–Crippen LogP) is 4.11. The topological polar surface area (TPSA) is 55.0 Å². The molecule has 0 bridgehead atoms. The minimum atomic E-state index is -0.157. The summed E-state index contributed by atoms with van der Waals surface area (Å²) >= 11 is 3.34. The molecule has 1 heterocycles. The number of nitrogens with zero attached hydrogens (tertiary/aromatic N) is 2. The quantitative estimate of drug-likeness (QED) is 0.654. The van der Waals surface area contributed by atoms with Crippen molar-refractivity contribution < 1.29 is 4.74 Å². The maximum Gasteiger partial charge on any atom is 0.268 e. The molecule has 1 aromatic heterocycles. The fraction of sp³-hybridized carbons (Fsp3) is 0.100. The highest BCUT2D eigenvalue weighted by Gasteiger charge is 2.09. The minimum absolute atomic E-state index is 0.157. The van der Waals surface area contributed by atoms with Crippen molar-refractivity contribution in [3.63, 3.8) is 0 Å². The lowest BCUT2D eigenvalue weighted by Crippen LogP contribution is -2.21. The van der Waals surface area contributed by atoms with Gasteiger partial charge in [0.15, 0.2) is 0 Å². The van der Waals surface area contributed by atoms with E-state index in [2.05, 4.69) is 22.0 Å². The molecule has 4 nitrogen and oxygen atoms in total. The van der Waals surface area contributed by atoms with Crippen molar-refractivity contribution in [2.24, 2.45) is 0 Å². The molecule has 0 atom stereocenters. The first-order chi connectivity index (χ1) is 12.2.